The van der Waals surface area contributed by atoms with Crippen LogP contribution in [0.2, 0.25) is 0 Å². The van der Waals surface area contributed by atoms with Crippen LogP contribution < -0.4 is 5.56 Å². The Morgan fingerprint density at radius 3 is 2.59 bits per heavy atom. The van der Waals surface area contributed by atoms with Crippen molar-refractivity contribution in [3.05, 3.63) is 100.0 Å². The molecule has 3 heterocycles. The van der Waals surface area contributed by atoms with E-state index in [0.29, 0.717) is 11.2 Å². The molecule has 0 fully saturated rings. The maximum absolute atomic E-state index is 13.6. The lowest BCUT2D eigenvalue weighted by Crippen LogP contribution is -2.25. The highest BCUT2D eigenvalue weighted by atomic mass is 32.2. The van der Waals surface area contributed by atoms with Gasteiger partial charge in [-0.2, -0.15) is 0 Å². The van der Waals surface area contributed by atoms with E-state index in [1.54, 1.807) is 18.0 Å². The molecular weight excluding hydrogens is 434 g/mol. The van der Waals surface area contributed by atoms with E-state index in [4.69, 9.17) is 4.98 Å². The first kappa shape index (κ1) is 20.9. The van der Waals surface area contributed by atoms with Gasteiger partial charge in [0, 0.05) is 23.9 Å². The molecule has 32 heavy (non-hydrogen) atoms. The van der Waals surface area contributed by atoms with Gasteiger partial charge in [0.05, 0.1) is 5.52 Å². The zero-order chi connectivity index (χ0) is 22.1. The molecule has 0 radical (unpaired) electrons. The predicted octanol–water partition coefficient (Wildman–Crippen LogP) is 6.41. The summed E-state index contributed by atoms with van der Waals surface area (Å²) in [6, 6.07) is 22.8. The van der Waals surface area contributed by atoms with Crippen molar-refractivity contribution in [1.29, 1.82) is 0 Å². The van der Waals surface area contributed by atoms with Crippen molar-refractivity contribution < 1.29 is 0 Å². The molecule has 0 saturated heterocycles. The number of pyridine rings is 1. The third kappa shape index (κ3) is 4.08. The Kier molecular flexibility index (Phi) is 5.81. The number of hydrogen-bond acceptors (Lipinski definition) is 5. The van der Waals surface area contributed by atoms with Gasteiger partial charge in [-0.3, -0.25) is 9.36 Å². The summed E-state index contributed by atoms with van der Waals surface area (Å²) in [5.41, 5.74) is 4.45. The normalized spacial score (nSPS) is 12.4. The van der Waals surface area contributed by atoms with Crippen molar-refractivity contribution in [3.63, 3.8) is 0 Å². The SMILES string of the molecule is Cc1ccc(CSc2nc3c(sc4ncccc43)c(=O)n2C[C@@H](C)c2ccccc2)cc1. The number of fused-ring (bicyclic) bond motifs is 3. The van der Waals surface area contributed by atoms with E-state index in [0.717, 1.165) is 26.6 Å². The van der Waals surface area contributed by atoms with Crippen LogP contribution in [0.15, 0.2) is 82.9 Å². The van der Waals surface area contributed by atoms with Crippen LogP contribution in [0.1, 0.15) is 29.5 Å². The molecule has 0 N–H and O–H groups in total. The van der Waals surface area contributed by atoms with E-state index in [-0.39, 0.29) is 11.5 Å². The summed E-state index contributed by atoms with van der Waals surface area (Å²) in [7, 11) is 0. The summed E-state index contributed by atoms with van der Waals surface area (Å²) in [5, 5.41) is 1.71. The van der Waals surface area contributed by atoms with E-state index in [1.807, 2.05) is 34.9 Å². The lowest BCUT2D eigenvalue weighted by molar-refractivity contribution is 0.532. The first-order valence-electron chi connectivity index (χ1n) is 10.6. The molecular formula is C26H23N3OS2. The minimum Gasteiger partial charge on any atom is -0.286 e. The van der Waals surface area contributed by atoms with E-state index >= 15 is 0 Å². The van der Waals surface area contributed by atoms with Crippen LogP contribution in [0.4, 0.5) is 0 Å². The maximum atomic E-state index is 13.6. The summed E-state index contributed by atoms with van der Waals surface area (Å²) < 4.78 is 2.53. The number of thioether (sulfide) groups is 1. The molecule has 3 aromatic heterocycles. The monoisotopic (exact) mass is 457 g/mol. The quantitative estimate of drug-likeness (QED) is 0.218. The van der Waals surface area contributed by atoms with Crippen LogP contribution in [-0.4, -0.2) is 14.5 Å². The van der Waals surface area contributed by atoms with Gasteiger partial charge in [-0.05, 0) is 36.1 Å². The van der Waals surface area contributed by atoms with Crippen LogP contribution in [0.25, 0.3) is 20.4 Å². The number of nitrogens with zero attached hydrogens (tertiary/aromatic N) is 3. The van der Waals surface area contributed by atoms with Gasteiger partial charge in [0.15, 0.2) is 5.16 Å². The van der Waals surface area contributed by atoms with Gasteiger partial charge in [-0.1, -0.05) is 78.8 Å². The van der Waals surface area contributed by atoms with E-state index < -0.39 is 0 Å². The molecule has 0 aliphatic rings. The lowest BCUT2D eigenvalue weighted by atomic mass is 10.0. The molecule has 0 unspecified atom stereocenters. The molecule has 2 aromatic carbocycles. The number of rotatable bonds is 6. The molecule has 1 atom stereocenters. The van der Waals surface area contributed by atoms with Crippen molar-refractivity contribution in [2.45, 2.75) is 37.2 Å². The van der Waals surface area contributed by atoms with Crippen LogP contribution in [-0.2, 0) is 12.3 Å². The first-order chi connectivity index (χ1) is 15.6. The molecule has 0 aliphatic carbocycles. The van der Waals surface area contributed by atoms with Gasteiger partial charge in [0.25, 0.3) is 5.56 Å². The average Bonchev–Trinajstić information content (AvgIpc) is 3.20. The summed E-state index contributed by atoms with van der Waals surface area (Å²) in [4.78, 5) is 23.9. The number of hydrogen-bond donors (Lipinski definition) is 0. The highest BCUT2D eigenvalue weighted by Crippen LogP contribution is 2.32. The number of aromatic nitrogens is 3. The van der Waals surface area contributed by atoms with Gasteiger partial charge >= 0.3 is 0 Å². The fourth-order valence-electron chi connectivity index (χ4n) is 3.81. The van der Waals surface area contributed by atoms with Gasteiger partial charge in [-0.15, -0.1) is 11.3 Å². The summed E-state index contributed by atoms with van der Waals surface area (Å²) in [6.07, 6.45) is 1.76. The van der Waals surface area contributed by atoms with Crippen molar-refractivity contribution in [2.24, 2.45) is 0 Å². The largest absolute Gasteiger partial charge is 0.286 e. The highest BCUT2D eigenvalue weighted by Gasteiger charge is 2.19. The molecule has 5 rings (SSSR count). The summed E-state index contributed by atoms with van der Waals surface area (Å²) >= 11 is 3.05. The van der Waals surface area contributed by atoms with E-state index in [1.165, 1.54) is 28.0 Å². The Hall–Kier alpha value is -2.96. The second kappa shape index (κ2) is 8.88. The summed E-state index contributed by atoms with van der Waals surface area (Å²) in [5.74, 6) is 0.956. The molecule has 0 spiro atoms. The smallest absolute Gasteiger partial charge is 0.272 e. The van der Waals surface area contributed by atoms with E-state index in [9.17, 15) is 4.79 Å². The van der Waals surface area contributed by atoms with Gasteiger partial charge in [0.1, 0.15) is 9.53 Å². The van der Waals surface area contributed by atoms with E-state index in [2.05, 4.69) is 55.2 Å². The standard InChI is InChI=1S/C26H23N3OS2/c1-17-10-12-19(13-11-17)16-31-26-28-22-21-9-6-14-27-24(21)32-23(22)25(30)29(26)15-18(2)20-7-4-3-5-8-20/h3-14,18H,15-16H2,1-2H3/t18-/m1/s1. The fraction of sp³-hybridized carbons (Fsp3) is 0.192. The molecule has 0 saturated carbocycles. The average molecular weight is 458 g/mol. The van der Waals surface area contributed by atoms with Crippen LogP contribution in [0, 0.1) is 6.92 Å². The van der Waals surface area contributed by atoms with Crippen LogP contribution in [0.5, 0.6) is 0 Å². The Labute approximate surface area is 195 Å². The molecule has 5 aromatic rings. The van der Waals surface area contributed by atoms with Crippen molar-refractivity contribution in [3.8, 4) is 0 Å². The molecule has 4 nitrogen and oxygen atoms in total. The molecule has 0 aliphatic heterocycles. The van der Waals surface area contributed by atoms with Gasteiger partial charge in [-0.25, -0.2) is 9.97 Å². The third-order valence-corrected chi connectivity index (χ3v) is 7.77. The van der Waals surface area contributed by atoms with Gasteiger partial charge in [0.2, 0.25) is 0 Å². The maximum Gasteiger partial charge on any atom is 0.272 e. The molecule has 0 bridgehead atoms. The Morgan fingerprint density at radius 1 is 1.03 bits per heavy atom. The Bertz CT molecular complexity index is 1440. The highest BCUT2D eigenvalue weighted by molar-refractivity contribution is 7.98. The minimum atomic E-state index is 0.0205. The Morgan fingerprint density at radius 2 is 1.81 bits per heavy atom. The van der Waals surface area contributed by atoms with Gasteiger partial charge < -0.3 is 0 Å². The van der Waals surface area contributed by atoms with Crippen molar-refractivity contribution >= 4 is 43.5 Å². The van der Waals surface area contributed by atoms with Crippen LogP contribution in [0.3, 0.4) is 0 Å². The second-order valence-electron chi connectivity index (χ2n) is 8.03. The number of aryl methyl sites for hydroxylation is 1. The first-order valence-corrected chi connectivity index (χ1v) is 12.4. The van der Waals surface area contributed by atoms with Crippen molar-refractivity contribution in [1.82, 2.24) is 14.5 Å². The van der Waals surface area contributed by atoms with Crippen molar-refractivity contribution in [2.75, 3.05) is 0 Å². The minimum absolute atomic E-state index is 0.0205. The van der Waals surface area contributed by atoms with Crippen LogP contribution >= 0.6 is 23.1 Å². The fourth-order valence-corrected chi connectivity index (χ4v) is 5.79. The molecule has 6 heteroatoms. The number of thiophene rings is 1. The number of benzene rings is 2. The topological polar surface area (TPSA) is 47.8 Å². The second-order valence-corrected chi connectivity index (χ2v) is 9.97. The zero-order valence-corrected chi connectivity index (χ0v) is 19.6. The Balaban J connectivity index is 1.59. The molecule has 0 amide bonds. The lowest BCUT2D eigenvalue weighted by Gasteiger charge is -2.17. The summed E-state index contributed by atoms with van der Waals surface area (Å²) in [6.45, 7) is 4.83. The zero-order valence-electron chi connectivity index (χ0n) is 18.0. The third-order valence-electron chi connectivity index (χ3n) is 5.63. The predicted molar refractivity (Wildman–Crippen MR) is 135 cm³/mol. The molecule has 160 valence electrons.